The Balaban J connectivity index is 1.74. The van der Waals surface area contributed by atoms with Gasteiger partial charge in [-0.25, -0.2) is 14.3 Å². The molecule has 7 nitrogen and oxygen atoms in total. The lowest BCUT2D eigenvalue weighted by molar-refractivity contribution is -0.116. The molecule has 1 aliphatic carbocycles. The third kappa shape index (κ3) is 3.91. The quantitative estimate of drug-likeness (QED) is 0.762. The number of hydrogen-bond acceptors (Lipinski definition) is 5. The van der Waals surface area contributed by atoms with Crippen molar-refractivity contribution in [2.24, 2.45) is 0 Å². The predicted molar refractivity (Wildman–Crippen MR) is 90.8 cm³/mol. The number of halogens is 1. The number of carbonyl (C=O) groups is 1. The van der Waals surface area contributed by atoms with Gasteiger partial charge in [-0.1, -0.05) is 23.9 Å². The molecule has 1 aromatic carbocycles. The Morgan fingerprint density at radius 3 is 2.92 bits per heavy atom. The van der Waals surface area contributed by atoms with Crippen LogP contribution >= 0.6 is 11.8 Å². The van der Waals surface area contributed by atoms with Crippen LogP contribution < -0.4 is 10.6 Å². The molecule has 0 unspecified atom stereocenters. The number of aromatic amines is 1. The van der Waals surface area contributed by atoms with E-state index in [1.54, 1.807) is 16.7 Å². The maximum atomic E-state index is 14.0. The molecule has 0 atom stereocenters. The molecule has 1 aromatic heterocycles. The largest absolute Gasteiger partial charge is 0.344 e. The van der Waals surface area contributed by atoms with Crippen molar-refractivity contribution in [3.8, 4) is 6.07 Å². The first-order valence-electron chi connectivity index (χ1n) is 7.83. The highest BCUT2D eigenvalue weighted by Crippen LogP contribution is 2.36. The first-order valence-corrected chi connectivity index (χ1v) is 8.82. The summed E-state index contributed by atoms with van der Waals surface area (Å²) in [6.07, 6.45) is 1.94. The summed E-state index contributed by atoms with van der Waals surface area (Å²) in [4.78, 5) is 25.6. The number of carbonyl (C=O) groups excluding carboxylic acids is 1. The third-order valence-electron chi connectivity index (χ3n) is 3.80. The minimum absolute atomic E-state index is 0.00320. The van der Waals surface area contributed by atoms with E-state index >= 15 is 0 Å². The average Bonchev–Trinajstić information content (AvgIpc) is 3.37. The Labute approximate surface area is 147 Å². The lowest BCUT2D eigenvalue weighted by atomic mass is 10.2. The van der Waals surface area contributed by atoms with E-state index in [1.807, 2.05) is 6.07 Å². The van der Waals surface area contributed by atoms with Crippen molar-refractivity contribution in [2.45, 2.75) is 30.5 Å². The van der Waals surface area contributed by atoms with Gasteiger partial charge in [-0.3, -0.25) is 9.36 Å². The second-order valence-electron chi connectivity index (χ2n) is 5.61. The fourth-order valence-electron chi connectivity index (χ4n) is 2.46. The van der Waals surface area contributed by atoms with Gasteiger partial charge in [0.15, 0.2) is 5.16 Å². The van der Waals surface area contributed by atoms with E-state index in [1.165, 1.54) is 17.0 Å². The number of nitrogens with one attached hydrogen (secondary N) is 1. The van der Waals surface area contributed by atoms with Crippen molar-refractivity contribution in [3.63, 3.8) is 0 Å². The van der Waals surface area contributed by atoms with Crippen LogP contribution in [-0.4, -0.2) is 33.0 Å². The molecule has 1 heterocycles. The Morgan fingerprint density at radius 2 is 2.24 bits per heavy atom. The summed E-state index contributed by atoms with van der Waals surface area (Å²) in [5, 5.41) is 15.6. The van der Waals surface area contributed by atoms with E-state index < -0.39 is 5.82 Å². The minimum Gasteiger partial charge on any atom is -0.308 e. The molecule has 1 fully saturated rings. The van der Waals surface area contributed by atoms with Crippen molar-refractivity contribution >= 4 is 23.4 Å². The van der Waals surface area contributed by atoms with Crippen LogP contribution in [0.15, 0.2) is 34.2 Å². The molecule has 0 spiro atoms. The van der Waals surface area contributed by atoms with E-state index in [2.05, 4.69) is 10.2 Å². The number of amides is 1. The van der Waals surface area contributed by atoms with E-state index in [0.29, 0.717) is 5.16 Å². The summed E-state index contributed by atoms with van der Waals surface area (Å²) in [6.45, 7) is 0.104. The first kappa shape index (κ1) is 17.2. The van der Waals surface area contributed by atoms with Gasteiger partial charge in [-0.2, -0.15) is 5.26 Å². The summed E-state index contributed by atoms with van der Waals surface area (Å²) in [5.74, 6) is -0.867. The van der Waals surface area contributed by atoms with Gasteiger partial charge in [0.2, 0.25) is 5.91 Å². The highest BCUT2D eigenvalue weighted by molar-refractivity contribution is 7.99. The third-order valence-corrected chi connectivity index (χ3v) is 4.74. The maximum Gasteiger partial charge on any atom is 0.344 e. The zero-order valence-electron chi connectivity index (χ0n) is 13.3. The number of hydrogen-bond donors (Lipinski definition) is 1. The van der Waals surface area contributed by atoms with Gasteiger partial charge < -0.3 is 4.90 Å². The van der Waals surface area contributed by atoms with Gasteiger partial charge in [-0.15, -0.1) is 5.10 Å². The molecule has 2 aromatic rings. The van der Waals surface area contributed by atoms with Crippen molar-refractivity contribution in [2.75, 3.05) is 17.2 Å². The second kappa shape index (κ2) is 7.53. The molecule has 3 rings (SSSR count). The number of para-hydroxylation sites is 1. The number of rotatable bonds is 7. The summed E-state index contributed by atoms with van der Waals surface area (Å²) >= 11 is 1.13. The zero-order chi connectivity index (χ0) is 17.8. The van der Waals surface area contributed by atoms with Crippen LogP contribution in [0.25, 0.3) is 0 Å². The summed E-state index contributed by atoms with van der Waals surface area (Å²) in [5.41, 5.74) is -0.141. The molecular formula is C16H16FN5O2S. The number of H-pyrrole nitrogens is 1. The fraction of sp³-hybridized carbons (Fsp3) is 0.375. The molecular weight excluding hydrogens is 345 g/mol. The number of aromatic nitrogens is 3. The lowest BCUT2D eigenvalue weighted by Gasteiger charge is -2.22. The summed E-state index contributed by atoms with van der Waals surface area (Å²) in [6, 6.07) is 8.06. The molecule has 9 heteroatoms. The van der Waals surface area contributed by atoms with Crippen LogP contribution in [0.3, 0.4) is 0 Å². The van der Waals surface area contributed by atoms with E-state index in [0.717, 1.165) is 24.6 Å². The Morgan fingerprint density at radius 1 is 1.48 bits per heavy atom. The van der Waals surface area contributed by atoms with E-state index in [4.69, 9.17) is 5.26 Å². The normalized spacial score (nSPS) is 13.4. The molecule has 0 bridgehead atoms. The molecule has 0 saturated heterocycles. The van der Waals surface area contributed by atoms with Gasteiger partial charge in [0.25, 0.3) is 0 Å². The summed E-state index contributed by atoms with van der Waals surface area (Å²) in [7, 11) is 0. The van der Waals surface area contributed by atoms with Crippen LogP contribution in [0.2, 0.25) is 0 Å². The average molecular weight is 361 g/mol. The van der Waals surface area contributed by atoms with Crippen molar-refractivity contribution in [3.05, 3.63) is 40.6 Å². The van der Waals surface area contributed by atoms with Crippen LogP contribution in [0.4, 0.5) is 10.1 Å². The smallest absolute Gasteiger partial charge is 0.308 e. The number of nitriles is 1. The molecule has 130 valence electrons. The second-order valence-corrected chi connectivity index (χ2v) is 6.55. The van der Waals surface area contributed by atoms with Gasteiger partial charge >= 0.3 is 5.69 Å². The first-order chi connectivity index (χ1) is 12.1. The van der Waals surface area contributed by atoms with Gasteiger partial charge in [0.1, 0.15) is 5.82 Å². The van der Waals surface area contributed by atoms with Crippen LogP contribution in [0, 0.1) is 17.1 Å². The Hall–Kier alpha value is -2.60. The monoisotopic (exact) mass is 361 g/mol. The van der Waals surface area contributed by atoms with Crippen LogP contribution in [0.5, 0.6) is 0 Å². The van der Waals surface area contributed by atoms with Crippen LogP contribution in [0.1, 0.15) is 25.3 Å². The Kier molecular flexibility index (Phi) is 5.19. The zero-order valence-corrected chi connectivity index (χ0v) is 14.1. The van der Waals surface area contributed by atoms with E-state index in [-0.39, 0.29) is 42.0 Å². The topological polar surface area (TPSA) is 94.8 Å². The highest BCUT2D eigenvalue weighted by Gasteiger charge is 2.29. The number of anilines is 1. The number of thioether (sulfide) groups is 1. The molecule has 0 aliphatic heterocycles. The maximum absolute atomic E-state index is 14.0. The molecule has 1 aliphatic rings. The van der Waals surface area contributed by atoms with Crippen molar-refractivity contribution in [1.29, 1.82) is 5.26 Å². The van der Waals surface area contributed by atoms with Gasteiger partial charge in [-0.05, 0) is 25.0 Å². The van der Waals surface area contributed by atoms with Crippen molar-refractivity contribution in [1.82, 2.24) is 14.8 Å². The minimum atomic E-state index is -0.520. The van der Waals surface area contributed by atoms with E-state index in [9.17, 15) is 14.0 Å². The Bertz CT molecular complexity index is 868. The molecule has 25 heavy (non-hydrogen) atoms. The van der Waals surface area contributed by atoms with Crippen molar-refractivity contribution < 1.29 is 9.18 Å². The SMILES string of the molecule is N#CCCN(C(=O)CSc1n[nH]c(=O)n1C1CC1)c1ccccc1F. The summed E-state index contributed by atoms with van der Waals surface area (Å²) < 4.78 is 15.6. The number of benzene rings is 1. The fourth-order valence-corrected chi connectivity index (χ4v) is 3.35. The molecule has 0 radical (unpaired) electrons. The molecule has 1 N–H and O–H groups in total. The molecule has 1 saturated carbocycles. The van der Waals surface area contributed by atoms with Crippen LogP contribution in [-0.2, 0) is 4.79 Å². The lowest BCUT2D eigenvalue weighted by Crippen LogP contribution is -2.34. The van der Waals surface area contributed by atoms with Gasteiger partial charge in [0, 0.05) is 12.6 Å². The van der Waals surface area contributed by atoms with Gasteiger partial charge in [0.05, 0.1) is 23.9 Å². The highest BCUT2D eigenvalue weighted by atomic mass is 32.2. The molecule has 1 amide bonds. The number of nitrogens with zero attached hydrogens (tertiary/aromatic N) is 4. The standard InChI is InChI=1S/C16H16FN5O2S/c17-12-4-1-2-5-13(12)21(9-3-8-18)14(23)10-25-16-20-19-15(24)22(16)11-6-7-11/h1-2,4-5,11H,3,6-7,9-10H2,(H,19,24). The predicted octanol–water partition coefficient (Wildman–Crippen LogP) is 2.08.